The van der Waals surface area contributed by atoms with Gasteiger partial charge in [0.1, 0.15) is 0 Å². The number of halogens is 2. The number of nitrogens with one attached hydrogen (secondary N) is 1. The second kappa shape index (κ2) is 10.3. The summed E-state index contributed by atoms with van der Waals surface area (Å²) >= 11 is 6.19. The zero-order valence-electron chi connectivity index (χ0n) is 13.2. The molecule has 1 heterocycles. The van der Waals surface area contributed by atoms with Gasteiger partial charge in [-0.15, -0.1) is 24.0 Å². The van der Waals surface area contributed by atoms with E-state index in [2.05, 4.69) is 17.1 Å². The lowest BCUT2D eigenvalue weighted by atomic mass is 10.1. The monoisotopic (exact) mass is 437 g/mol. The van der Waals surface area contributed by atoms with Crippen LogP contribution in [0.15, 0.2) is 29.3 Å². The van der Waals surface area contributed by atoms with Gasteiger partial charge in [-0.2, -0.15) is 0 Å². The van der Waals surface area contributed by atoms with Gasteiger partial charge < -0.3 is 15.0 Å². The third-order valence-electron chi connectivity index (χ3n) is 3.68. The Labute approximate surface area is 155 Å². The lowest BCUT2D eigenvalue weighted by molar-refractivity contribution is 0.157. The largest absolute Gasteiger partial charge is 0.384 e. The summed E-state index contributed by atoms with van der Waals surface area (Å²) in [5.74, 6) is 1.56. The van der Waals surface area contributed by atoms with E-state index in [0.717, 1.165) is 49.2 Å². The number of hydrogen-bond acceptors (Lipinski definition) is 2. The van der Waals surface area contributed by atoms with Gasteiger partial charge >= 0.3 is 0 Å². The maximum atomic E-state index is 6.19. The first-order valence-electron chi connectivity index (χ1n) is 7.50. The molecular weight excluding hydrogens is 413 g/mol. The van der Waals surface area contributed by atoms with E-state index in [9.17, 15) is 0 Å². The van der Waals surface area contributed by atoms with E-state index in [0.29, 0.717) is 12.5 Å². The summed E-state index contributed by atoms with van der Waals surface area (Å²) in [7, 11) is 1.76. The number of hydrogen-bond donors (Lipinski definition) is 1. The van der Waals surface area contributed by atoms with Crippen molar-refractivity contribution in [3.8, 4) is 0 Å². The molecule has 1 aromatic rings. The minimum Gasteiger partial charge on any atom is -0.384 e. The van der Waals surface area contributed by atoms with Crippen LogP contribution in [0.1, 0.15) is 18.9 Å². The minimum atomic E-state index is 0. The van der Waals surface area contributed by atoms with Crippen LogP contribution >= 0.6 is 35.6 Å². The molecule has 1 fully saturated rings. The van der Waals surface area contributed by atoms with Gasteiger partial charge in [0.05, 0.1) is 13.2 Å². The number of likely N-dealkylation sites (tertiary alicyclic amines) is 1. The fraction of sp³-hybridized carbons (Fsp3) is 0.562. The molecule has 0 amide bonds. The molecule has 0 bridgehead atoms. The van der Waals surface area contributed by atoms with E-state index in [4.69, 9.17) is 21.3 Å². The van der Waals surface area contributed by atoms with E-state index in [1.54, 1.807) is 7.11 Å². The topological polar surface area (TPSA) is 36.9 Å². The number of guanidine groups is 1. The molecule has 4 nitrogen and oxygen atoms in total. The second-order valence-corrected chi connectivity index (χ2v) is 5.72. The Morgan fingerprint density at radius 2 is 2.23 bits per heavy atom. The zero-order chi connectivity index (χ0) is 15.1. The van der Waals surface area contributed by atoms with E-state index in [1.165, 1.54) is 0 Å². The summed E-state index contributed by atoms with van der Waals surface area (Å²) in [6.07, 6.45) is 1.16. The molecule has 1 aliphatic rings. The van der Waals surface area contributed by atoms with E-state index in [1.807, 2.05) is 24.3 Å². The van der Waals surface area contributed by atoms with Crippen LogP contribution in [0, 0.1) is 5.92 Å². The summed E-state index contributed by atoms with van der Waals surface area (Å²) in [5.41, 5.74) is 1.06. The van der Waals surface area contributed by atoms with Gasteiger partial charge in [-0.1, -0.05) is 29.8 Å². The summed E-state index contributed by atoms with van der Waals surface area (Å²) < 4.78 is 5.25. The average molecular weight is 438 g/mol. The van der Waals surface area contributed by atoms with Crippen LogP contribution in [-0.4, -0.2) is 44.2 Å². The third-order valence-corrected chi connectivity index (χ3v) is 4.05. The minimum absolute atomic E-state index is 0. The Morgan fingerprint density at radius 3 is 2.91 bits per heavy atom. The SMILES string of the molecule is CCNC(=NCc1ccccc1Cl)N1CCC(COC)C1.I. The molecule has 1 atom stereocenters. The molecule has 124 valence electrons. The van der Waals surface area contributed by atoms with Gasteiger partial charge in [0.25, 0.3) is 0 Å². The molecule has 0 saturated carbocycles. The predicted molar refractivity (Wildman–Crippen MR) is 103 cm³/mol. The van der Waals surface area contributed by atoms with Crippen molar-refractivity contribution >= 4 is 41.5 Å². The van der Waals surface area contributed by atoms with Crippen LogP contribution in [0.3, 0.4) is 0 Å². The van der Waals surface area contributed by atoms with Crippen LogP contribution in [-0.2, 0) is 11.3 Å². The Bertz CT molecular complexity index is 484. The first kappa shape index (κ1) is 19.5. The molecule has 0 aromatic heterocycles. The van der Waals surface area contributed by atoms with Crippen LogP contribution in [0.5, 0.6) is 0 Å². The van der Waals surface area contributed by atoms with Crippen molar-refractivity contribution < 1.29 is 4.74 Å². The van der Waals surface area contributed by atoms with Crippen molar-refractivity contribution in [1.29, 1.82) is 0 Å². The first-order chi connectivity index (χ1) is 10.2. The van der Waals surface area contributed by atoms with E-state index < -0.39 is 0 Å². The van der Waals surface area contributed by atoms with Crippen LogP contribution in [0.2, 0.25) is 5.02 Å². The third kappa shape index (κ3) is 5.59. The standard InChI is InChI=1S/C16H24ClN3O.HI/c1-3-18-16(20-9-8-13(11-20)12-21-2)19-10-14-6-4-5-7-15(14)17;/h4-7,13H,3,8-12H2,1-2H3,(H,18,19);1H. The van der Waals surface area contributed by atoms with Crippen LogP contribution in [0.4, 0.5) is 0 Å². The molecule has 0 spiro atoms. The van der Waals surface area contributed by atoms with E-state index in [-0.39, 0.29) is 24.0 Å². The number of methoxy groups -OCH3 is 1. The van der Waals surface area contributed by atoms with Crippen molar-refractivity contribution in [3.63, 3.8) is 0 Å². The lowest BCUT2D eigenvalue weighted by Gasteiger charge is -2.21. The quantitative estimate of drug-likeness (QED) is 0.436. The highest BCUT2D eigenvalue weighted by atomic mass is 127. The molecule has 1 saturated heterocycles. The van der Waals surface area contributed by atoms with Gasteiger partial charge in [-0.25, -0.2) is 4.99 Å². The molecule has 1 aromatic carbocycles. The number of rotatable bonds is 5. The average Bonchev–Trinajstić information content (AvgIpc) is 2.94. The zero-order valence-corrected chi connectivity index (χ0v) is 16.3. The molecule has 0 radical (unpaired) electrons. The molecule has 0 aliphatic carbocycles. The lowest BCUT2D eigenvalue weighted by Crippen LogP contribution is -2.40. The predicted octanol–water partition coefficient (Wildman–Crippen LogP) is 3.39. The van der Waals surface area contributed by atoms with Crippen molar-refractivity contribution in [1.82, 2.24) is 10.2 Å². The second-order valence-electron chi connectivity index (χ2n) is 5.32. The van der Waals surface area contributed by atoms with Crippen LogP contribution in [0.25, 0.3) is 0 Å². The first-order valence-corrected chi connectivity index (χ1v) is 7.88. The van der Waals surface area contributed by atoms with Gasteiger partial charge in [-0.3, -0.25) is 0 Å². The fourth-order valence-corrected chi connectivity index (χ4v) is 2.80. The van der Waals surface area contributed by atoms with Crippen LogP contribution < -0.4 is 5.32 Å². The Hall–Kier alpha value is -0.530. The number of ether oxygens (including phenoxy) is 1. The number of benzene rings is 1. The summed E-state index contributed by atoms with van der Waals surface area (Å²) in [4.78, 5) is 7.04. The molecule has 22 heavy (non-hydrogen) atoms. The molecule has 1 unspecified atom stereocenters. The highest BCUT2D eigenvalue weighted by Crippen LogP contribution is 2.18. The van der Waals surface area contributed by atoms with E-state index >= 15 is 0 Å². The van der Waals surface area contributed by atoms with Crippen molar-refractivity contribution in [3.05, 3.63) is 34.9 Å². The van der Waals surface area contributed by atoms with Gasteiger partial charge in [0, 0.05) is 37.7 Å². The molecular formula is C16H25ClIN3O. The Kier molecular flexibility index (Phi) is 9.12. The smallest absolute Gasteiger partial charge is 0.194 e. The Balaban J connectivity index is 0.00000242. The maximum absolute atomic E-state index is 6.19. The highest BCUT2D eigenvalue weighted by Gasteiger charge is 2.24. The maximum Gasteiger partial charge on any atom is 0.194 e. The molecule has 1 aliphatic heterocycles. The van der Waals surface area contributed by atoms with Crippen molar-refractivity contribution in [2.24, 2.45) is 10.9 Å². The molecule has 6 heteroatoms. The Morgan fingerprint density at radius 1 is 1.45 bits per heavy atom. The van der Waals surface area contributed by atoms with Crippen molar-refractivity contribution in [2.45, 2.75) is 19.9 Å². The summed E-state index contributed by atoms with van der Waals surface area (Å²) in [6, 6.07) is 7.86. The highest BCUT2D eigenvalue weighted by molar-refractivity contribution is 14.0. The summed E-state index contributed by atoms with van der Waals surface area (Å²) in [5, 5.41) is 4.14. The fourth-order valence-electron chi connectivity index (χ4n) is 2.61. The number of aliphatic imine (C=N–C) groups is 1. The van der Waals surface area contributed by atoms with Crippen molar-refractivity contribution in [2.75, 3.05) is 33.4 Å². The molecule has 1 N–H and O–H groups in total. The van der Waals surface area contributed by atoms with Gasteiger partial charge in [0.2, 0.25) is 0 Å². The molecule has 2 rings (SSSR count). The number of nitrogens with zero attached hydrogens (tertiary/aromatic N) is 2. The summed E-state index contributed by atoms with van der Waals surface area (Å²) in [6.45, 7) is 6.42. The van der Waals surface area contributed by atoms with Gasteiger partial charge in [0.15, 0.2) is 5.96 Å². The normalized spacial score (nSPS) is 18.2. The van der Waals surface area contributed by atoms with Gasteiger partial charge in [-0.05, 0) is 25.0 Å².